The van der Waals surface area contributed by atoms with Crippen molar-refractivity contribution in [3.63, 3.8) is 0 Å². The van der Waals surface area contributed by atoms with Crippen LogP contribution in [0.2, 0.25) is 0 Å². The van der Waals surface area contributed by atoms with Gasteiger partial charge in [0.05, 0.1) is 16.2 Å². The Balaban J connectivity index is 0.000000103. The Morgan fingerprint density at radius 3 is 0.750 bits per heavy atom. The summed E-state index contributed by atoms with van der Waals surface area (Å²) in [6.45, 7) is 0. The summed E-state index contributed by atoms with van der Waals surface area (Å²) < 4.78 is 20.0. The van der Waals surface area contributed by atoms with Crippen molar-refractivity contribution in [1.29, 1.82) is 0 Å². The first kappa shape index (κ1) is 83.9. The molecule has 0 unspecified atom stereocenters. The number of rotatable bonds is 16. The molecule has 0 aliphatic carbocycles. The standard InChI is InChI=1S/C49H30N2O.C47H28N2O.C43H26N2O/c1-3-9-31(10-4-1)32-19-23-39(24-20-32)51(38-14-5-2-6-15-38)40-25-21-33(22-26-40)35-12-7-13-36(29-35)43-30-37-18-17-34-11-8-16-41-42-27-28-50-49-46(42)47(48(43)52-49)45(37)44(34)41;1-2-12-36(13-3-1)49(37-22-20-30(21-23-37)33-18-16-29-8-4-5-9-32(29)26-33)38-14-6-11-34(27-38)41-28-35-19-17-31-10-7-15-39-40-24-25-48-47-44(40)45(46(41)50-47)43(35)42(31)39;1-3-12-32(13-4-1)45(33-14-5-2-6-15-33)34-21-19-27(20-22-34)29-10-7-11-30(25-29)37-26-31-18-17-28-9-8-16-35-36-23-24-44-43-40(36)41(42(37)46-43)39(31)38(28)35/h1-30H;1-28H;1-26H. The normalized spacial score (nSPS) is 11.9. The van der Waals surface area contributed by atoms with E-state index >= 15 is 0 Å². The summed E-state index contributed by atoms with van der Waals surface area (Å²) in [6.07, 6.45) is 5.60. The van der Waals surface area contributed by atoms with Crippen molar-refractivity contribution in [3.05, 3.63) is 510 Å². The first-order valence-corrected chi connectivity index (χ1v) is 50.4. The zero-order valence-electron chi connectivity index (χ0n) is 79.9. The van der Waals surface area contributed by atoms with Crippen LogP contribution in [0.3, 0.4) is 0 Å². The maximum atomic E-state index is 6.69. The molecular weight excluding hydrogens is 1800 g/mol. The minimum atomic E-state index is 0.686. The first-order chi connectivity index (χ1) is 73.4. The SMILES string of the molecule is c1ccc(-c2ccc(N(c3ccccc3)c3ccc(-c4cccc(-c5cc6ccc7cccc8c9ccnc%10oc5c(c%109)c6c78)c4)cc3)cc2)cc1.c1ccc(N(c2ccc(-c3ccc4ccccc4c3)cc2)c2cccc(-c3cc4ccc5cccc6c7ccnc8oc3c(c87)c4c56)c2)cc1.c1ccc(N(c2ccccc2)c2ccc(-c3cccc(-c4cc5ccc6cccc7c8ccnc9oc4c(c98)c5c67)c3)cc2)cc1. The van der Waals surface area contributed by atoms with Crippen molar-refractivity contribution >= 4 is 225 Å². The molecule has 9 nitrogen and oxygen atoms in total. The molecule has 9 heteroatoms. The van der Waals surface area contributed by atoms with E-state index in [0.717, 1.165) is 145 Å². The van der Waals surface area contributed by atoms with Crippen molar-refractivity contribution < 1.29 is 13.3 Å². The molecule has 32 rings (SSSR count). The summed E-state index contributed by atoms with van der Waals surface area (Å²) in [5, 5.41) is 31.7. The molecule has 148 heavy (non-hydrogen) atoms. The molecule has 0 amide bonds. The third-order valence-corrected chi connectivity index (χ3v) is 30.4. The van der Waals surface area contributed by atoms with Gasteiger partial charge in [0.1, 0.15) is 16.7 Å². The predicted molar refractivity (Wildman–Crippen MR) is 619 cm³/mol. The van der Waals surface area contributed by atoms with Crippen LogP contribution in [0.5, 0.6) is 0 Å². The van der Waals surface area contributed by atoms with E-state index < -0.39 is 0 Å². The molecule has 0 saturated heterocycles. The fraction of sp³-hybridized carbons (Fsp3) is 0. The zero-order chi connectivity index (χ0) is 97.1. The van der Waals surface area contributed by atoms with E-state index in [1.165, 1.54) is 141 Å². The van der Waals surface area contributed by atoms with Gasteiger partial charge in [-0.05, 0) is 317 Å². The number of para-hydroxylation sites is 4. The monoisotopic (exact) mass is 1880 g/mol. The average molecular weight is 1890 g/mol. The smallest absolute Gasteiger partial charge is 0.227 e. The number of benzene rings is 26. The minimum absolute atomic E-state index is 0.686. The van der Waals surface area contributed by atoms with Gasteiger partial charge in [0.2, 0.25) is 17.1 Å². The summed E-state index contributed by atoms with van der Waals surface area (Å²) in [4.78, 5) is 21.0. The number of aromatic nitrogens is 3. The van der Waals surface area contributed by atoms with Crippen LogP contribution in [-0.2, 0) is 0 Å². The molecule has 32 aromatic rings. The van der Waals surface area contributed by atoms with Crippen LogP contribution in [0, 0.1) is 0 Å². The first-order valence-electron chi connectivity index (χ1n) is 50.4. The van der Waals surface area contributed by atoms with Gasteiger partial charge in [-0.15, -0.1) is 0 Å². The fourth-order valence-electron chi connectivity index (χ4n) is 23.8. The molecule has 0 fully saturated rings. The maximum Gasteiger partial charge on any atom is 0.227 e. The highest BCUT2D eigenvalue weighted by atomic mass is 16.3. The van der Waals surface area contributed by atoms with E-state index in [4.69, 9.17) is 23.2 Å². The number of furan rings is 3. The van der Waals surface area contributed by atoms with Crippen LogP contribution in [0.1, 0.15) is 0 Å². The van der Waals surface area contributed by atoms with Crippen LogP contribution in [0.15, 0.2) is 523 Å². The minimum Gasteiger partial charge on any atom is -0.437 e. The second kappa shape index (κ2) is 33.9. The van der Waals surface area contributed by atoms with E-state index in [1.54, 1.807) is 0 Å². The van der Waals surface area contributed by atoms with E-state index in [0.29, 0.717) is 17.1 Å². The number of anilines is 9. The number of hydrogen-bond acceptors (Lipinski definition) is 9. The average Bonchev–Trinajstić information content (AvgIpc) is 1.51. The molecule has 0 N–H and O–H groups in total. The van der Waals surface area contributed by atoms with Gasteiger partial charge in [0, 0.05) is 119 Å². The number of nitrogens with zero attached hydrogens (tertiary/aromatic N) is 6. The number of hydrogen-bond donors (Lipinski definition) is 0. The Morgan fingerprint density at radius 2 is 0.378 bits per heavy atom. The van der Waals surface area contributed by atoms with Crippen LogP contribution >= 0.6 is 0 Å². The van der Waals surface area contributed by atoms with Gasteiger partial charge in [-0.3, -0.25) is 0 Å². The van der Waals surface area contributed by atoms with Crippen molar-refractivity contribution in [2.75, 3.05) is 14.7 Å². The molecule has 6 heterocycles. The Labute approximate surface area is 849 Å². The van der Waals surface area contributed by atoms with E-state index in [-0.39, 0.29) is 0 Å². The fourth-order valence-corrected chi connectivity index (χ4v) is 23.8. The third-order valence-electron chi connectivity index (χ3n) is 30.4. The van der Waals surface area contributed by atoms with E-state index in [1.807, 2.05) is 18.6 Å². The second-order valence-electron chi connectivity index (χ2n) is 38.7. The van der Waals surface area contributed by atoms with Crippen LogP contribution in [0.25, 0.3) is 252 Å². The van der Waals surface area contributed by atoms with Gasteiger partial charge < -0.3 is 28.0 Å². The summed E-state index contributed by atoms with van der Waals surface area (Å²) in [7, 11) is 0. The molecule has 0 saturated carbocycles. The maximum absolute atomic E-state index is 6.69. The summed E-state index contributed by atoms with van der Waals surface area (Å²) >= 11 is 0. The summed E-state index contributed by atoms with van der Waals surface area (Å²) in [5.41, 5.74) is 30.7. The van der Waals surface area contributed by atoms with Gasteiger partial charge in [0.15, 0.2) is 0 Å². The van der Waals surface area contributed by atoms with E-state index in [2.05, 4.69) is 511 Å². The van der Waals surface area contributed by atoms with Gasteiger partial charge in [-0.2, -0.15) is 0 Å². The summed E-state index contributed by atoms with van der Waals surface area (Å²) in [6, 6.07) is 176. The second-order valence-corrected chi connectivity index (χ2v) is 38.7. The Kier molecular flexibility index (Phi) is 19.2. The molecule has 688 valence electrons. The van der Waals surface area contributed by atoms with Crippen molar-refractivity contribution in [1.82, 2.24) is 15.0 Å². The molecule has 0 aliphatic heterocycles. The van der Waals surface area contributed by atoms with Crippen molar-refractivity contribution in [3.8, 4) is 77.9 Å². The van der Waals surface area contributed by atoms with Gasteiger partial charge >= 0.3 is 0 Å². The van der Waals surface area contributed by atoms with Gasteiger partial charge in [0.25, 0.3) is 0 Å². The Bertz CT molecular complexity index is 10600. The van der Waals surface area contributed by atoms with Crippen LogP contribution in [0.4, 0.5) is 51.2 Å². The zero-order valence-corrected chi connectivity index (χ0v) is 79.9. The highest BCUT2D eigenvalue weighted by Crippen LogP contribution is 2.55. The third kappa shape index (κ3) is 13.6. The Morgan fingerprint density at radius 1 is 0.135 bits per heavy atom. The Hall–Kier alpha value is -19.9. The molecule has 0 atom stereocenters. The molecular formula is C139H84N6O3. The molecule has 0 bridgehead atoms. The molecule has 0 aliphatic rings. The van der Waals surface area contributed by atoms with Crippen LogP contribution in [-0.4, -0.2) is 15.0 Å². The van der Waals surface area contributed by atoms with Crippen molar-refractivity contribution in [2.24, 2.45) is 0 Å². The molecule has 0 spiro atoms. The topological polar surface area (TPSA) is 87.8 Å². The van der Waals surface area contributed by atoms with Gasteiger partial charge in [-0.25, -0.2) is 15.0 Å². The lowest BCUT2D eigenvalue weighted by molar-refractivity contribution is 0.655. The molecule has 6 aromatic heterocycles. The highest BCUT2D eigenvalue weighted by Gasteiger charge is 2.30. The highest BCUT2D eigenvalue weighted by molar-refractivity contribution is 6.43. The number of pyridine rings is 3. The van der Waals surface area contributed by atoms with Crippen LogP contribution < -0.4 is 14.7 Å². The largest absolute Gasteiger partial charge is 0.437 e. The van der Waals surface area contributed by atoms with E-state index in [9.17, 15) is 0 Å². The lowest BCUT2D eigenvalue weighted by atomic mass is 9.87. The lowest BCUT2D eigenvalue weighted by Crippen LogP contribution is -2.09. The molecule has 0 radical (unpaired) electrons. The quantitative estimate of drug-likeness (QED) is 0.0693. The predicted octanol–water partition coefficient (Wildman–Crippen LogP) is 39.2. The van der Waals surface area contributed by atoms with Gasteiger partial charge in [-0.1, -0.05) is 328 Å². The number of fused-ring (bicyclic) bond motifs is 4. The molecule has 26 aromatic carbocycles. The lowest BCUT2D eigenvalue weighted by Gasteiger charge is -2.26. The summed E-state index contributed by atoms with van der Waals surface area (Å²) in [5.74, 6) is 0. The van der Waals surface area contributed by atoms with Crippen molar-refractivity contribution in [2.45, 2.75) is 0 Å².